The fourth-order valence-corrected chi connectivity index (χ4v) is 1.98. The van der Waals surface area contributed by atoms with Crippen LogP contribution in [0.4, 0.5) is 0 Å². The van der Waals surface area contributed by atoms with Gasteiger partial charge in [0, 0.05) is 6.92 Å². The summed E-state index contributed by atoms with van der Waals surface area (Å²) >= 11 is 0. The number of hydrogen-bond donors (Lipinski definition) is 4. The second-order valence-electron chi connectivity index (χ2n) is 4.90. The zero-order valence-corrected chi connectivity index (χ0v) is 11.1. The summed E-state index contributed by atoms with van der Waals surface area (Å²) in [6, 6.07) is 0. The zero-order valence-electron chi connectivity index (χ0n) is 11.1. The first-order chi connectivity index (χ1) is 9.26. The van der Waals surface area contributed by atoms with Crippen LogP contribution in [0.3, 0.4) is 0 Å². The van der Waals surface area contributed by atoms with Crippen molar-refractivity contribution in [2.45, 2.75) is 37.6 Å². The quantitative estimate of drug-likeness (QED) is 0.558. The number of aliphatic hydroxyl groups is 4. The highest BCUT2D eigenvalue weighted by Gasteiger charge is 2.27. The molecular formula is C14H18O6. The molecule has 0 aromatic rings. The molecule has 0 amide bonds. The summed E-state index contributed by atoms with van der Waals surface area (Å²) in [6.45, 7) is 1.63. The van der Waals surface area contributed by atoms with Crippen LogP contribution in [0, 0.1) is 0 Å². The highest BCUT2D eigenvalue weighted by atomic mass is 16.7. The van der Waals surface area contributed by atoms with Gasteiger partial charge in [-0.25, -0.2) is 0 Å². The minimum atomic E-state index is -1.91. The molecule has 0 aromatic carbocycles. The molecule has 0 heterocycles. The SMILES string of the molecule is CC(OC1=CC=CC(O)(O)C1)OC1=CC=CC(O)(O)C1. The molecule has 2 aliphatic rings. The molecule has 110 valence electrons. The molecule has 0 atom stereocenters. The summed E-state index contributed by atoms with van der Waals surface area (Å²) < 4.78 is 10.9. The van der Waals surface area contributed by atoms with Crippen molar-refractivity contribution in [2.75, 3.05) is 0 Å². The molecule has 6 heteroatoms. The molecule has 2 aliphatic carbocycles. The first-order valence-corrected chi connectivity index (χ1v) is 6.25. The maximum atomic E-state index is 9.47. The predicted molar refractivity (Wildman–Crippen MR) is 69.6 cm³/mol. The van der Waals surface area contributed by atoms with E-state index in [9.17, 15) is 20.4 Å². The van der Waals surface area contributed by atoms with Crippen molar-refractivity contribution < 1.29 is 29.9 Å². The van der Waals surface area contributed by atoms with Crippen LogP contribution in [0.2, 0.25) is 0 Å². The van der Waals surface area contributed by atoms with E-state index in [0.717, 1.165) is 0 Å². The molecule has 0 unspecified atom stereocenters. The van der Waals surface area contributed by atoms with Crippen LogP contribution in [0.25, 0.3) is 0 Å². The second kappa shape index (κ2) is 5.41. The zero-order chi connectivity index (χ0) is 14.8. The Morgan fingerprint density at radius 2 is 1.30 bits per heavy atom. The van der Waals surface area contributed by atoms with Crippen LogP contribution in [0.15, 0.2) is 48.0 Å². The maximum Gasteiger partial charge on any atom is 0.237 e. The molecule has 0 aromatic heterocycles. The highest BCUT2D eigenvalue weighted by molar-refractivity contribution is 5.20. The smallest absolute Gasteiger partial charge is 0.237 e. The number of hydrogen-bond acceptors (Lipinski definition) is 6. The topological polar surface area (TPSA) is 99.4 Å². The third-order valence-corrected chi connectivity index (χ3v) is 2.79. The summed E-state index contributed by atoms with van der Waals surface area (Å²) in [5.41, 5.74) is 0. The van der Waals surface area contributed by atoms with E-state index in [1.165, 1.54) is 24.3 Å². The van der Waals surface area contributed by atoms with E-state index >= 15 is 0 Å². The summed E-state index contributed by atoms with van der Waals surface area (Å²) in [5.74, 6) is -3.09. The van der Waals surface area contributed by atoms with Crippen LogP contribution in [-0.2, 0) is 9.47 Å². The standard InChI is InChI=1S/C14H18O6/c1-10(19-11-4-2-6-13(15,16)8-11)20-12-5-3-7-14(17,18)9-12/h2-7,10,15-18H,8-9H2,1H3. The van der Waals surface area contributed by atoms with E-state index < -0.39 is 17.9 Å². The third-order valence-electron chi connectivity index (χ3n) is 2.79. The first kappa shape index (κ1) is 14.8. The first-order valence-electron chi connectivity index (χ1n) is 6.25. The van der Waals surface area contributed by atoms with Crippen LogP contribution in [0.5, 0.6) is 0 Å². The average Bonchev–Trinajstić information content (AvgIpc) is 2.25. The van der Waals surface area contributed by atoms with Crippen molar-refractivity contribution in [1.29, 1.82) is 0 Å². The van der Waals surface area contributed by atoms with E-state index in [-0.39, 0.29) is 12.8 Å². The van der Waals surface area contributed by atoms with Crippen LogP contribution in [0.1, 0.15) is 19.8 Å². The summed E-state index contributed by atoms with van der Waals surface area (Å²) in [7, 11) is 0. The van der Waals surface area contributed by atoms with Gasteiger partial charge in [-0.2, -0.15) is 0 Å². The lowest BCUT2D eigenvalue weighted by atomic mass is 10.1. The third kappa shape index (κ3) is 4.21. The highest BCUT2D eigenvalue weighted by Crippen LogP contribution is 2.26. The molecule has 20 heavy (non-hydrogen) atoms. The van der Waals surface area contributed by atoms with Crippen LogP contribution in [-0.4, -0.2) is 38.3 Å². The molecule has 0 radical (unpaired) electrons. The Morgan fingerprint density at radius 3 is 1.65 bits per heavy atom. The van der Waals surface area contributed by atoms with Gasteiger partial charge in [0.25, 0.3) is 0 Å². The van der Waals surface area contributed by atoms with Gasteiger partial charge in [0.15, 0.2) is 11.6 Å². The number of rotatable bonds is 4. The Morgan fingerprint density at radius 1 is 0.900 bits per heavy atom. The molecular weight excluding hydrogens is 264 g/mol. The van der Waals surface area contributed by atoms with Crippen molar-refractivity contribution in [3.63, 3.8) is 0 Å². The van der Waals surface area contributed by atoms with Crippen molar-refractivity contribution in [2.24, 2.45) is 0 Å². The largest absolute Gasteiger partial charge is 0.459 e. The second-order valence-corrected chi connectivity index (χ2v) is 4.90. The Balaban J connectivity index is 1.89. The Bertz CT molecular complexity index is 440. The Hall–Kier alpha value is -1.60. The average molecular weight is 282 g/mol. The minimum absolute atomic E-state index is 0.0694. The van der Waals surface area contributed by atoms with Gasteiger partial charge < -0.3 is 29.9 Å². The molecule has 4 N–H and O–H groups in total. The molecule has 2 rings (SSSR count). The maximum absolute atomic E-state index is 9.47. The predicted octanol–water partition coefficient (Wildman–Crippen LogP) is 0.415. The lowest BCUT2D eigenvalue weighted by molar-refractivity contribution is -0.150. The van der Waals surface area contributed by atoms with Gasteiger partial charge in [-0.15, -0.1) is 0 Å². The summed E-state index contributed by atoms with van der Waals surface area (Å²) in [6.07, 6.45) is 7.88. The van der Waals surface area contributed by atoms with Crippen molar-refractivity contribution in [3.8, 4) is 0 Å². The summed E-state index contributed by atoms with van der Waals surface area (Å²) in [5, 5.41) is 37.9. The number of allylic oxidation sites excluding steroid dienone is 4. The van der Waals surface area contributed by atoms with Crippen molar-refractivity contribution >= 4 is 0 Å². The molecule has 6 nitrogen and oxygen atoms in total. The lowest BCUT2D eigenvalue weighted by Gasteiger charge is -2.27. The van der Waals surface area contributed by atoms with E-state index in [4.69, 9.17) is 9.47 Å². The molecule has 0 saturated heterocycles. The van der Waals surface area contributed by atoms with Gasteiger partial charge in [-0.3, -0.25) is 0 Å². The van der Waals surface area contributed by atoms with E-state index in [0.29, 0.717) is 11.5 Å². The van der Waals surface area contributed by atoms with Gasteiger partial charge >= 0.3 is 0 Å². The van der Waals surface area contributed by atoms with Crippen LogP contribution < -0.4 is 0 Å². The molecule has 0 spiro atoms. The molecule has 0 saturated carbocycles. The summed E-state index contributed by atoms with van der Waals surface area (Å²) in [4.78, 5) is 0. The van der Waals surface area contributed by atoms with Crippen LogP contribution >= 0.6 is 0 Å². The van der Waals surface area contributed by atoms with Gasteiger partial charge in [-0.05, 0) is 24.3 Å². The monoisotopic (exact) mass is 282 g/mol. The van der Waals surface area contributed by atoms with Gasteiger partial charge in [0.2, 0.25) is 6.29 Å². The van der Waals surface area contributed by atoms with Gasteiger partial charge in [-0.1, -0.05) is 12.2 Å². The van der Waals surface area contributed by atoms with Gasteiger partial charge in [0.1, 0.15) is 11.5 Å². The fraction of sp³-hybridized carbons (Fsp3) is 0.429. The Kier molecular flexibility index (Phi) is 4.01. The van der Waals surface area contributed by atoms with E-state index in [1.54, 1.807) is 19.1 Å². The molecule has 0 bridgehead atoms. The van der Waals surface area contributed by atoms with Crippen molar-refractivity contribution in [3.05, 3.63) is 48.0 Å². The fourth-order valence-electron chi connectivity index (χ4n) is 1.98. The van der Waals surface area contributed by atoms with Gasteiger partial charge in [0.05, 0.1) is 12.8 Å². The van der Waals surface area contributed by atoms with E-state index in [1.807, 2.05) is 0 Å². The molecule has 0 fully saturated rings. The lowest BCUT2D eigenvalue weighted by Crippen LogP contribution is -2.30. The number of ether oxygens (including phenoxy) is 2. The normalized spacial score (nSPS) is 23.3. The van der Waals surface area contributed by atoms with Crippen molar-refractivity contribution in [1.82, 2.24) is 0 Å². The van der Waals surface area contributed by atoms with E-state index in [2.05, 4.69) is 0 Å². The minimum Gasteiger partial charge on any atom is -0.459 e. The molecule has 0 aliphatic heterocycles. The Labute approximate surface area is 116 Å².